The molecule has 0 aliphatic rings. The number of amides is 1. The van der Waals surface area contributed by atoms with Gasteiger partial charge in [-0.1, -0.05) is 31.9 Å². The predicted molar refractivity (Wildman–Crippen MR) is 94.7 cm³/mol. The summed E-state index contributed by atoms with van der Waals surface area (Å²) in [6, 6.07) is 8.11. The number of carbonyl (C=O) groups excluding carboxylic acids is 1. The Labute approximate surface area is 142 Å². The van der Waals surface area contributed by atoms with E-state index in [-0.39, 0.29) is 11.7 Å². The molecule has 0 fully saturated rings. The standard InChI is InChI=1S/C19H24FN3O/c1-2-3-4-10-22-18-12-16(13-21-14-18)19(24)23-11-9-15-5-7-17(20)8-6-15/h5-8,12-14,22H,2-4,9-11H2,1H3,(H,23,24). The third-order valence-corrected chi connectivity index (χ3v) is 3.72. The fourth-order valence-corrected chi connectivity index (χ4v) is 2.34. The molecule has 0 saturated carbocycles. The van der Waals surface area contributed by atoms with Gasteiger partial charge in [-0.15, -0.1) is 0 Å². The summed E-state index contributed by atoms with van der Waals surface area (Å²) in [6.07, 6.45) is 7.41. The van der Waals surface area contributed by atoms with E-state index in [1.54, 1.807) is 24.5 Å². The van der Waals surface area contributed by atoms with Crippen molar-refractivity contribution in [3.05, 3.63) is 59.7 Å². The second kappa shape index (κ2) is 9.65. The van der Waals surface area contributed by atoms with E-state index in [2.05, 4.69) is 22.5 Å². The van der Waals surface area contributed by atoms with Crippen LogP contribution >= 0.6 is 0 Å². The van der Waals surface area contributed by atoms with Gasteiger partial charge in [0.1, 0.15) is 5.82 Å². The molecule has 128 valence electrons. The lowest BCUT2D eigenvalue weighted by Gasteiger charge is -2.08. The van der Waals surface area contributed by atoms with E-state index in [0.717, 1.165) is 24.2 Å². The highest BCUT2D eigenvalue weighted by molar-refractivity contribution is 5.94. The fourth-order valence-electron chi connectivity index (χ4n) is 2.34. The summed E-state index contributed by atoms with van der Waals surface area (Å²) in [5.41, 5.74) is 2.38. The number of hydrogen-bond acceptors (Lipinski definition) is 3. The molecule has 0 radical (unpaired) electrons. The molecule has 1 aromatic carbocycles. The molecule has 1 amide bonds. The van der Waals surface area contributed by atoms with Crippen molar-refractivity contribution in [2.24, 2.45) is 0 Å². The predicted octanol–water partition coefficient (Wildman–Crippen LogP) is 3.80. The lowest BCUT2D eigenvalue weighted by molar-refractivity contribution is 0.0954. The van der Waals surface area contributed by atoms with Crippen LogP contribution in [0, 0.1) is 5.82 Å². The second-order valence-corrected chi connectivity index (χ2v) is 5.73. The monoisotopic (exact) mass is 329 g/mol. The third kappa shape index (κ3) is 5.99. The summed E-state index contributed by atoms with van der Waals surface area (Å²) >= 11 is 0. The van der Waals surface area contributed by atoms with Crippen molar-refractivity contribution in [3.8, 4) is 0 Å². The van der Waals surface area contributed by atoms with Crippen LogP contribution in [0.1, 0.15) is 42.1 Å². The number of nitrogens with one attached hydrogen (secondary N) is 2. The summed E-state index contributed by atoms with van der Waals surface area (Å²) in [6.45, 7) is 3.54. The Hall–Kier alpha value is -2.43. The second-order valence-electron chi connectivity index (χ2n) is 5.73. The maximum absolute atomic E-state index is 12.8. The van der Waals surface area contributed by atoms with Gasteiger partial charge in [0, 0.05) is 25.5 Å². The van der Waals surface area contributed by atoms with Crippen molar-refractivity contribution < 1.29 is 9.18 Å². The van der Waals surface area contributed by atoms with Crippen LogP contribution in [0.4, 0.5) is 10.1 Å². The first-order valence-electron chi connectivity index (χ1n) is 8.40. The molecule has 24 heavy (non-hydrogen) atoms. The van der Waals surface area contributed by atoms with Gasteiger partial charge < -0.3 is 10.6 Å². The number of benzene rings is 1. The molecular weight excluding hydrogens is 305 g/mol. The topological polar surface area (TPSA) is 54.0 Å². The van der Waals surface area contributed by atoms with Crippen molar-refractivity contribution in [1.82, 2.24) is 10.3 Å². The van der Waals surface area contributed by atoms with Gasteiger partial charge in [-0.05, 0) is 36.6 Å². The van der Waals surface area contributed by atoms with Gasteiger partial charge in [0.15, 0.2) is 0 Å². The van der Waals surface area contributed by atoms with Crippen LogP contribution in [0.3, 0.4) is 0 Å². The molecule has 4 nitrogen and oxygen atoms in total. The molecule has 2 N–H and O–H groups in total. The molecule has 0 unspecified atom stereocenters. The molecule has 0 aliphatic heterocycles. The largest absolute Gasteiger partial charge is 0.384 e. The Morgan fingerprint density at radius 3 is 2.67 bits per heavy atom. The molecule has 2 rings (SSSR count). The Bertz CT molecular complexity index is 643. The quantitative estimate of drug-likeness (QED) is 0.688. The van der Waals surface area contributed by atoms with Crippen molar-refractivity contribution in [3.63, 3.8) is 0 Å². The number of pyridine rings is 1. The van der Waals surface area contributed by atoms with E-state index in [1.807, 2.05) is 6.07 Å². The Morgan fingerprint density at radius 2 is 1.92 bits per heavy atom. The van der Waals surface area contributed by atoms with Gasteiger partial charge in [0.05, 0.1) is 11.3 Å². The maximum Gasteiger partial charge on any atom is 0.252 e. The van der Waals surface area contributed by atoms with Gasteiger partial charge in [-0.2, -0.15) is 0 Å². The Balaban J connectivity index is 1.80. The van der Waals surface area contributed by atoms with Crippen LogP contribution in [0.5, 0.6) is 0 Å². The zero-order valence-electron chi connectivity index (χ0n) is 14.0. The first-order valence-corrected chi connectivity index (χ1v) is 8.40. The summed E-state index contributed by atoms with van der Waals surface area (Å²) < 4.78 is 12.8. The molecule has 0 aliphatic carbocycles. The van der Waals surface area contributed by atoms with E-state index in [9.17, 15) is 9.18 Å². The van der Waals surface area contributed by atoms with E-state index in [4.69, 9.17) is 0 Å². The number of nitrogens with zero attached hydrogens (tertiary/aromatic N) is 1. The zero-order valence-corrected chi connectivity index (χ0v) is 14.0. The number of aromatic nitrogens is 1. The fraction of sp³-hybridized carbons (Fsp3) is 0.368. The van der Waals surface area contributed by atoms with Crippen LogP contribution in [0.15, 0.2) is 42.7 Å². The highest BCUT2D eigenvalue weighted by Gasteiger charge is 2.06. The minimum Gasteiger partial charge on any atom is -0.384 e. The van der Waals surface area contributed by atoms with Crippen LogP contribution in [-0.2, 0) is 6.42 Å². The highest BCUT2D eigenvalue weighted by Crippen LogP contribution is 2.09. The van der Waals surface area contributed by atoms with Crippen LogP contribution in [-0.4, -0.2) is 24.0 Å². The summed E-state index contributed by atoms with van der Waals surface area (Å²) in [7, 11) is 0. The number of hydrogen-bond donors (Lipinski definition) is 2. The normalized spacial score (nSPS) is 10.4. The number of anilines is 1. The van der Waals surface area contributed by atoms with Crippen LogP contribution in [0.25, 0.3) is 0 Å². The Kier molecular flexibility index (Phi) is 7.21. The molecule has 1 aromatic heterocycles. The first kappa shape index (κ1) is 17.9. The van der Waals surface area contributed by atoms with E-state index in [1.165, 1.54) is 25.0 Å². The first-order chi connectivity index (χ1) is 11.7. The molecule has 0 saturated heterocycles. The van der Waals surface area contributed by atoms with Gasteiger partial charge in [-0.25, -0.2) is 4.39 Å². The van der Waals surface area contributed by atoms with Crippen molar-refractivity contribution in [2.75, 3.05) is 18.4 Å². The van der Waals surface area contributed by atoms with Gasteiger partial charge in [0.25, 0.3) is 5.91 Å². The van der Waals surface area contributed by atoms with Gasteiger partial charge >= 0.3 is 0 Å². The average molecular weight is 329 g/mol. The van der Waals surface area contributed by atoms with Crippen molar-refractivity contribution >= 4 is 11.6 Å². The Morgan fingerprint density at radius 1 is 1.12 bits per heavy atom. The number of unbranched alkanes of at least 4 members (excludes halogenated alkanes) is 2. The third-order valence-electron chi connectivity index (χ3n) is 3.72. The number of carbonyl (C=O) groups is 1. The lowest BCUT2D eigenvalue weighted by atomic mass is 10.1. The molecule has 0 spiro atoms. The smallest absolute Gasteiger partial charge is 0.252 e. The number of rotatable bonds is 9. The molecule has 5 heteroatoms. The maximum atomic E-state index is 12.8. The van der Waals surface area contributed by atoms with E-state index in [0.29, 0.717) is 18.5 Å². The summed E-state index contributed by atoms with van der Waals surface area (Å²) in [5, 5.41) is 6.15. The van der Waals surface area contributed by atoms with E-state index >= 15 is 0 Å². The summed E-state index contributed by atoms with van der Waals surface area (Å²) in [5.74, 6) is -0.404. The van der Waals surface area contributed by atoms with E-state index < -0.39 is 0 Å². The van der Waals surface area contributed by atoms with Crippen LogP contribution < -0.4 is 10.6 Å². The minimum absolute atomic E-state index is 0.151. The highest BCUT2D eigenvalue weighted by atomic mass is 19.1. The number of halogens is 1. The van der Waals surface area contributed by atoms with Gasteiger partial charge in [0.2, 0.25) is 0 Å². The molecule has 2 aromatic rings. The molecular formula is C19H24FN3O. The van der Waals surface area contributed by atoms with Crippen LogP contribution in [0.2, 0.25) is 0 Å². The molecule has 0 bridgehead atoms. The lowest BCUT2D eigenvalue weighted by Crippen LogP contribution is -2.25. The minimum atomic E-state index is -0.253. The average Bonchev–Trinajstić information content (AvgIpc) is 2.61. The molecule has 1 heterocycles. The SMILES string of the molecule is CCCCCNc1cncc(C(=O)NCCc2ccc(F)cc2)c1. The van der Waals surface area contributed by atoms with Crippen molar-refractivity contribution in [2.45, 2.75) is 32.6 Å². The zero-order chi connectivity index (χ0) is 17.2. The van der Waals surface area contributed by atoms with Gasteiger partial charge in [-0.3, -0.25) is 9.78 Å². The molecule has 0 atom stereocenters. The summed E-state index contributed by atoms with van der Waals surface area (Å²) in [4.78, 5) is 16.3. The van der Waals surface area contributed by atoms with Crippen molar-refractivity contribution in [1.29, 1.82) is 0 Å².